The Bertz CT molecular complexity index is 532. The van der Waals surface area contributed by atoms with Crippen molar-refractivity contribution in [1.29, 1.82) is 0 Å². The molecule has 4 amide bonds. The van der Waals surface area contributed by atoms with Crippen molar-refractivity contribution in [2.24, 2.45) is 15.4 Å². The largest absolute Gasteiger partial charge is 0.411 e. The van der Waals surface area contributed by atoms with Crippen LogP contribution >= 0.6 is 0 Å². The SMILES string of the molecule is C/C(=N\O)c1ccccc1N1C(=O)N=NC1=O. The van der Waals surface area contributed by atoms with Crippen LogP contribution in [0.15, 0.2) is 39.6 Å². The molecule has 17 heavy (non-hydrogen) atoms. The number of carbonyl (C=O) groups is 2. The summed E-state index contributed by atoms with van der Waals surface area (Å²) in [5.41, 5.74) is 1.04. The minimum atomic E-state index is -0.756. The first-order valence-electron chi connectivity index (χ1n) is 4.73. The summed E-state index contributed by atoms with van der Waals surface area (Å²) in [6, 6.07) is 5.02. The number of nitrogens with zero attached hydrogens (tertiary/aromatic N) is 4. The summed E-state index contributed by atoms with van der Waals surface area (Å²) in [6.45, 7) is 1.55. The van der Waals surface area contributed by atoms with Gasteiger partial charge in [-0.1, -0.05) is 33.6 Å². The van der Waals surface area contributed by atoms with Gasteiger partial charge in [-0.3, -0.25) is 0 Å². The van der Waals surface area contributed by atoms with Gasteiger partial charge in [0.1, 0.15) is 0 Å². The molecule has 0 saturated heterocycles. The monoisotopic (exact) mass is 232 g/mol. The first kappa shape index (κ1) is 10.9. The van der Waals surface area contributed by atoms with Crippen LogP contribution in [-0.2, 0) is 0 Å². The molecule has 2 rings (SSSR count). The van der Waals surface area contributed by atoms with E-state index >= 15 is 0 Å². The van der Waals surface area contributed by atoms with E-state index in [1.807, 2.05) is 0 Å². The van der Waals surface area contributed by atoms with Crippen LogP contribution in [0.1, 0.15) is 12.5 Å². The Morgan fingerprint density at radius 1 is 1.24 bits per heavy atom. The molecular formula is C10H8N4O3. The van der Waals surface area contributed by atoms with Gasteiger partial charge in [0.05, 0.1) is 11.4 Å². The minimum absolute atomic E-state index is 0.285. The van der Waals surface area contributed by atoms with Gasteiger partial charge < -0.3 is 5.21 Å². The number of para-hydroxylation sites is 1. The third-order valence-electron chi connectivity index (χ3n) is 2.29. The third-order valence-corrected chi connectivity index (χ3v) is 2.29. The van der Waals surface area contributed by atoms with Gasteiger partial charge in [0.15, 0.2) is 0 Å². The van der Waals surface area contributed by atoms with Crippen molar-refractivity contribution in [2.45, 2.75) is 6.92 Å². The van der Waals surface area contributed by atoms with Gasteiger partial charge in [-0.15, -0.1) is 0 Å². The molecule has 0 fully saturated rings. The Kier molecular flexibility index (Phi) is 2.65. The summed E-state index contributed by atoms with van der Waals surface area (Å²) in [7, 11) is 0. The lowest BCUT2D eigenvalue weighted by molar-refractivity contribution is 0.249. The van der Waals surface area contributed by atoms with Gasteiger partial charge in [0.2, 0.25) is 0 Å². The molecule has 1 N–H and O–H groups in total. The second-order valence-corrected chi connectivity index (χ2v) is 3.30. The van der Waals surface area contributed by atoms with Crippen LogP contribution in [0.2, 0.25) is 0 Å². The predicted molar refractivity (Wildman–Crippen MR) is 58.6 cm³/mol. The number of imide groups is 1. The van der Waals surface area contributed by atoms with Gasteiger partial charge in [-0.2, -0.15) is 0 Å². The van der Waals surface area contributed by atoms with E-state index in [4.69, 9.17) is 5.21 Å². The topological polar surface area (TPSA) is 94.7 Å². The van der Waals surface area contributed by atoms with Crippen molar-refractivity contribution in [3.63, 3.8) is 0 Å². The standard InChI is InChI=1S/C10H8N4O3/c1-6(13-17)7-4-2-3-5-8(7)14-9(15)11-12-10(14)16/h2-5,17H,1H3/b13-6+. The summed E-state index contributed by atoms with van der Waals surface area (Å²) in [5, 5.41) is 18.1. The number of hydrogen-bond donors (Lipinski definition) is 1. The van der Waals surface area contributed by atoms with Crippen molar-refractivity contribution in [1.82, 2.24) is 0 Å². The van der Waals surface area contributed by atoms with E-state index in [0.29, 0.717) is 11.3 Å². The van der Waals surface area contributed by atoms with E-state index in [-0.39, 0.29) is 5.71 Å². The number of oxime groups is 1. The fourth-order valence-corrected chi connectivity index (χ4v) is 1.49. The second kappa shape index (κ2) is 4.12. The lowest BCUT2D eigenvalue weighted by Crippen LogP contribution is -2.29. The van der Waals surface area contributed by atoms with Gasteiger partial charge in [0.25, 0.3) is 0 Å². The van der Waals surface area contributed by atoms with Gasteiger partial charge >= 0.3 is 12.1 Å². The smallest absolute Gasteiger partial charge is 0.375 e. The van der Waals surface area contributed by atoms with Gasteiger partial charge in [-0.25, -0.2) is 14.5 Å². The molecule has 1 aromatic carbocycles. The van der Waals surface area contributed by atoms with Crippen molar-refractivity contribution in [3.8, 4) is 0 Å². The maximum Gasteiger partial charge on any atom is 0.375 e. The number of anilines is 1. The lowest BCUT2D eigenvalue weighted by Gasteiger charge is -2.14. The average Bonchev–Trinajstić information content (AvgIpc) is 2.68. The summed E-state index contributed by atoms with van der Waals surface area (Å²) < 4.78 is 0. The maximum absolute atomic E-state index is 11.4. The van der Waals surface area contributed by atoms with Crippen LogP contribution in [0, 0.1) is 0 Å². The summed E-state index contributed by atoms with van der Waals surface area (Å²) >= 11 is 0. The summed E-state index contributed by atoms with van der Waals surface area (Å²) in [6.07, 6.45) is 0. The molecule has 7 heteroatoms. The fraction of sp³-hybridized carbons (Fsp3) is 0.100. The molecular weight excluding hydrogens is 224 g/mol. The zero-order chi connectivity index (χ0) is 12.4. The molecule has 0 radical (unpaired) electrons. The molecule has 0 atom stereocenters. The third kappa shape index (κ3) is 1.78. The average molecular weight is 232 g/mol. The van der Waals surface area contributed by atoms with E-state index in [0.717, 1.165) is 4.90 Å². The van der Waals surface area contributed by atoms with Crippen LogP contribution in [0.5, 0.6) is 0 Å². The number of carbonyl (C=O) groups excluding carboxylic acids is 2. The van der Waals surface area contributed by atoms with E-state index in [2.05, 4.69) is 15.4 Å². The highest BCUT2D eigenvalue weighted by molar-refractivity contribution is 6.20. The highest BCUT2D eigenvalue weighted by Crippen LogP contribution is 2.25. The Morgan fingerprint density at radius 2 is 1.82 bits per heavy atom. The highest BCUT2D eigenvalue weighted by atomic mass is 16.4. The van der Waals surface area contributed by atoms with Crippen LogP contribution in [0.4, 0.5) is 15.3 Å². The Labute approximate surface area is 96.1 Å². The molecule has 0 bridgehead atoms. The molecule has 1 aromatic rings. The number of urea groups is 2. The van der Waals surface area contributed by atoms with Crippen molar-refractivity contribution >= 4 is 23.5 Å². The quantitative estimate of drug-likeness (QED) is 0.481. The second-order valence-electron chi connectivity index (χ2n) is 3.30. The van der Waals surface area contributed by atoms with Crippen LogP contribution < -0.4 is 4.90 Å². The maximum atomic E-state index is 11.4. The highest BCUT2D eigenvalue weighted by Gasteiger charge is 2.31. The first-order chi connectivity index (χ1) is 8.15. The van der Waals surface area contributed by atoms with Gasteiger partial charge in [0, 0.05) is 5.56 Å². The Balaban J connectivity index is 2.53. The molecule has 1 aliphatic rings. The van der Waals surface area contributed by atoms with Crippen molar-refractivity contribution in [2.75, 3.05) is 4.90 Å². The molecule has 7 nitrogen and oxygen atoms in total. The number of rotatable bonds is 2. The van der Waals surface area contributed by atoms with Gasteiger partial charge in [-0.05, 0) is 13.0 Å². The molecule has 1 aliphatic heterocycles. The van der Waals surface area contributed by atoms with E-state index < -0.39 is 12.1 Å². The zero-order valence-electron chi connectivity index (χ0n) is 8.86. The van der Waals surface area contributed by atoms with Crippen LogP contribution in [0.3, 0.4) is 0 Å². The van der Waals surface area contributed by atoms with E-state index in [1.165, 1.54) is 0 Å². The van der Waals surface area contributed by atoms with Crippen LogP contribution in [-0.4, -0.2) is 23.0 Å². The molecule has 86 valence electrons. The van der Waals surface area contributed by atoms with E-state index in [9.17, 15) is 9.59 Å². The zero-order valence-corrected chi connectivity index (χ0v) is 8.86. The molecule has 1 heterocycles. The molecule has 0 unspecified atom stereocenters. The fourth-order valence-electron chi connectivity index (χ4n) is 1.49. The lowest BCUT2D eigenvalue weighted by atomic mass is 10.1. The number of amides is 4. The minimum Gasteiger partial charge on any atom is -0.411 e. The van der Waals surface area contributed by atoms with Crippen molar-refractivity contribution in [3.05, 3.63) is 29.8 Å². The normalized spacial score (nSPS) is 15.8. The summed E-state index contributed by atoms with van der Waals surface area (Å²) in [5.74, 6) is 0. The summed E-state index contributed by atoms with van der Waals surface area (Å²) in [4.78, 5) is 23.6. The molecule has 0 aliphatic carbocycles. The Hall–Kier alpha value is -2.57. The van der Waals surface area contributed by atoms with Crippen molar-refractivity contribution < 1.29 is 14.8 Å². The number of hydrogen-bond acceptors (Lipinski definition) is 4. The Morgan fingerprint density at radius 3 is 2.41 bits per heavy atom. The van der Waals surface area contributed by atoms with Crippen LogP contribution in [0.25, 0.3) is 0 Å². The number of benzene rings is 1. The number of azo groups is 1. The molecule has 0 aromatic heterocycles. The first-order valence-corrected chi connectivity index (χ1v) is 4.73. The molecule has 0 saturated carbocycles. The van der Waals surface area contributed by atoms with E-state index in [1.54, 1.807) is 31.2 Å². The molecule has 0 spiro atoms. The predicted octanol–water partition coefficient (Wildman–Crippen LogP) is 2.40.